The van der Waals surface area contributed by atoms with Gasteiger partial charge < -0.3 is 14.4 Å². The third kappa shape index (κ3) is 5.25. The highest BCUT2D eigenvalue weighted by molar-refractivity contribution is 7.89. The standard InChI is InChI=1S/C28H26ClF2N5O4S/c1-15-3-4-17(21(11-23(37)38)20-5-8-36-25(16(20)2)33-34-26(36)24(30)31)9-18(15)13-35-14-28(6-7-28)40-27-22(41(35)39)10-19(29)12-32-27/h3-5,8-10,12,21,24H,6-7,11,13-14H2,1-2H3,(H,37,38)/t21-,41?/m0/s1. The van der Waals surface area contributed by atoms with Gasteiger partial charge in [0.2, 0.25) is 10.7 Å². The summed E-state index contributed by atoms with van der Waals surface area (Å²) in [5, 5.41) is 17.7. The number of halogens is 3. The van der Waals surface area contributed by atoms with Crippen molar-refractivity contribution in [2.75, 3.05) is 6.54 Å². The lowest BCUT2D eigenvalue weighted by molar-refractivity contribution is -0.137. The third-order valence-electron chi connectivity index (χ3n) is 7.76. The van der Waals surface area contributed by atoms with Gasteiger partial charge in [-0.25, -0.2) is 13.8 Å². The number of aliphatic carboxylic acids is 1. The Balaban J connectivity index is 1.37. The molecule has 0 radical (unpaired) electrons. The van der Waals surface area contributed by atoms with Crippen LogP contribution in [0.1, 0.15) is 65.2 Å². The number of hydrogen-bond donors (Lipinski definition) is 1. The molecule has 2 atom stereocenters. The first-order chi connectivity index (χ1) is 19.5. The molecule has 1 aliphatic heterocycles. The topological polar surface area (TPSA) is 116 Å². The molecule has 0 bridgehead atoms. The molecule has 2 aliphatic rings. The van der Waals surface area contributed by atoms with Gasteiger partial charge in [0.05, 0.1) is 35.9 Å². The van der Waals surface area contributed by atoms with Crippen molar-refractivity contribution in [1.82, 2.24) is 23.9 Å². The minimum absolute atomic E-state index is 0.223. The van der Waals surface area contributed by atoms with E-state index in [0.717, 1.165) is 29.5 Å². The first-order valence-corrected chi connectivity index (χ1v) is 14.5. The summed E-state index contributed by atoms with van der Waals surface area (Å²) < 4.78 is 49.8. The number of aryl methyl sites for hydroxylation is 2. The van der Waals surface area contributed by atoms with E-state index in [1.807, 2.05) is 29.4 Å². The number of aromatic nitrogens is 4. The molecule has 1 aromatic carbocycles. The molecule has 0 saturated heterocycles. The van der Waals surface area contributed by atoms with E-state index in [-0.39, 0.29) is 12.1 Å². The smallest absolute Gasteiger partial charge is 0.304 e. The zero-order valence-electron chi connectivity index (χ0n) is 22.2. The third-order valence-corrected chi connectivity index (χ3v) is 9.36. The van der Waals surface area contributed by atoms with Crippen molar-refractivity contribution in [2.45, 2.75) is 62.5 Å². The Kier molecular flexibility index (Phi) is 7.13. The number of carboxylic acid groups (broad SMARTS) is 1. The molecule has 1 saturated carbocycles. The highest BCUT2D eigenvalue weighted by Crippen LogP contribution is 2.46. The molecule has 1 fully saturated rings. The van der Waals surface area contributed by atoms with Crippen LogP contribution in [0.3, 0.4) is 0 Å². The molecule has 3 aromatic heterocycles. The molecule has 6 rings (SSSR count). The van der Waals surface area contributed by atoms with E-state index in [1.165, 1.54) is 16.8 Å². The minimum Gasteiger partial charge on any atom is -0.593 e. The van der Waals surface area contributed by atoms with E-state index < -0.39 is 41.1 Å². The van der Waals surface area contributed by atoms with Crippen LogP contribution in [0.5, 0.6) is 5.88 Å². The van der Waals surface area contributed by atoms with Crippen LogP contribution in [0.2, 0.25) is 5.02 Å². The van der Waals surface area contributed by atoms with E-state index in [1.54, 1.807) is 19.1 Å². The van der Waals surface area contributed by atoms with Gasteiger partial charge in [-0.05, 0) is 60.6 Å². The van der Waals surface area contributed by atoms with Crippen LogP contribution in [0.4, 0.5) is 8.78 Å². The van der Waals surface area contributed by atoms with Crippen LogP contribution >= 0.6 is 11.6 Å². The van der Waals surface area contributed by atoms with Crippen LogP contribution in [0.25, 0.3) is 5.65 Å². The van der Waals surface area contributed by atoms with Crippen molar-refractivity contribution in [3.63, 3.8) is 0 Å². The summed E-state index contributed by atoms with van der Waals surface area (Å²) in [4.78, 5) is 16.7. The predicted octanol–water partition coefficient (Wildman–Crippen LogP) is 5.39. The van der Waals surface area contributed by atoms with E-state index in [0.29, 0.717) is 40.0 Å². The molecular formula is C28H26ClF2N5O4S. The fourth-order valence-electron chi connectivity index (χ4n) is 5.37. The number of carboxylic acids is 1. The average Bonchev–Trinajstić information content (AvgIpc) is 3.55. The maximum Gasteiger partial charge on any atom is 0.304 e. The summed E-state index contributed by atoms with van der Waals surface area (Å²) in [6.07, 6.45) is 1.55. The summed E-state index contributed by atoms with van der Waals surface area (Å²) >= 11 is 4.58. The lowest BCUT2D eigenvalue weighted by Crippen LogP contribution is -2.38. The quantitative estimate of drug-likeness (QED) is 0.280. The summed E-state index contributed by atoms with van der Waals surface area (Å²) in [5.74, 6) is -1.73. The van der Waals surface area contributed by atoms with Gasteiger partial charge in [-0.2, -0.15) is 0 Å². The first kappa shape index (κ1) is 27.8. The Hall–Kier alpha value is -3.32. The summed E-state index contributed by atoms with van der Waals surface area (Å²) in [7, 11) is 0. The van der Waals surface area contributed by atoms with Gasteiger partial charge >= 0.3 is 5.97 Å². The molecule has 4 aromatic rings. The monoisotopic (exact) mass is 601 g/mol. The van der Waals surface area contributed by atoms with Crippen molar-refractivity contribution in [3.8, 4) is 5.88 Å². The second-order valence-corrected chi connectivity index (χ2v) is 12.5. The Labute approximate surface area is 242 Å². The van der Waals surface area contributed by atoms with Gasteiger partial charge in [-0.15, -0.1) is 14.5 Å². The molecule has 9 nitrogen and oxygen atoms in total. The number of rotatable bonds is 7. The second-order valence-electron chi connectivity index (χ2n) is 10.6. The molecule has 1 unspecified atom stereocenters. The fourth-order valence-corrected chi connectivity index (χ4v) is 6.95. The van der Waals surface area contributed by atoms with Crippen LogP contribution in [-0.4, -0.2) is 51.7 Å². The van der Waals surface area contributed by atoms with Gasteiger partial charge in [0.15, 0.2) is 5.65 Å². The van der Waals surface area contributed by atoms with E-state index in [2.05, 4.69) is 15.2 Å². The SMILES string of the molecule is Cc1ccc([C@H](CC(=O)O)c2ccn3c(C(F)F)nnc3c2C)cc1CN1CC2(CC2)Oc2ncc(Cl)cc2[S+]1[O-]. The number of fused-ring (bicyclic) bond motifs is 2. The zero-order chi connectivity index (χ0) is 29.1. The molecule has 214 valence electrons. The Morgan fingerprint density at radius 1 is 1.24 bits per heavy atom. The Morgan fingerprint density at radius 3 is 2.73 bits per heavy atom. The maximum atomic E-state index is 13.7. The first-order valence-electron chi connectivity index (χ1n) is 13.0. The number of ether oxygens (including phenoxy) is 1. The maximum absolute atomic E-state index is 13.7. The number of hydrogen-bond acceptors (Lipinski definition) is 7. The number of benzene rings is 1. The Morgan fingerprint density at radius 2 is 2.02 bits per heavy atom. The lowest BCUT2D eigenvalue weighted by Gasteiger charge is -2.25. The van der Waals surface area contributed by atoms with Crippen molar-refractivity contribution >= 4 is 34.6 Å². The van der Waals surface area contributed by atoms with Crippen molar-refractivity contribution in [3.05, 3.63) is 81.4 Å². The molecule has 0 amide bonds. The minimum atomic E-state index is -2.80. The van der Waals surface area contributed by atoms with Crippen LogP contribution < -0.4 is 4.74 Å². The highest BCUT2D eigenvalue weighted by Gasteiger charge is 2.53. The van der Waals surface area contributed by atoms with Gasteiger partial charge in [0.25, 0.3) is 12.3 Å². The average molecular weight is 602 g/mol. The van der Waals surface area contributed by atoms with Gasteiger partial charge in [0, 0.05) is 24.4 Å². The summed E-state index contributed by atoms with van der Waals surface area (Å²) in [6, 6.07) is 8.98. The number of alkyl halides is 2. The van der Waals surface area contributed by atoms with Crippen LogP contribution in [0.15, 0.2) is 47.6 Å². The molecule has 41 heavy (non-hydrogen) atoms. The van der Waals surface area contributed by atoms with E-state index >= 15 is 0 Å². The van der Waals surface area contributed by atoms with Crippen molar-refractivity contribution in [1.29, 1.82) is 0 Å². The van der Waals surface area contributed by atoms with Gasteiger partial charge in [0.1, 0.15) is 5.60 Å². The van der Waals surface area contributed by atoms with Crippen molar-refractivity contribution in [2.24, 2.45) is 0 Å². The highest BCUT2D eigenvalue weighted by atomic mass is 35.5. The molecule has 1 N–H and O–H groups in total. The van der Waals surface area contributed by atoms with Crippen molar-refractivity contribution < 1.29 is 28.0 Å². The van der Waals surface area contributed by atoms with Gasteiger partial charge in [-0.1, -0.05) is 29.8 Å². The number of nitrogens with zero attached hydrogens (tertiary/aromatic N) is 5. The molecule has 1 spiro atoms. The van der Waals surface area contributed by atoms with Crippen LogP contribution in [0, 0.1) is 13.8 Å². The second kappa shape index (κ2) is 10.5. The van der Waals surface area contributed by atoms with Crippen LogP contribution in [-0.2, 0) is 22.7 Å². The largest absolute Gasteiger partial charge is 0.593 e. The molecule has 13 heteroatoms. The zero-order valence-corrected chi connectivity index (χ0v) is 23.8. The van der Waals surface area contributed by atoms with E-state index in [4.69, 9.17) is 16.3 Å². The Bertz CT molecular complexity index is 1660. The molecule has 1 aliphatic carbocycles. The summed E-state index contributed by atoms with van der Waals surface area (Å²) in [5.41, 5.74) is 3.58. The molecular weight excluding hydrogens is 576 g/mol. The number of carbonyl (C=O) groups is 1. The fraction of sp³-hybridized carbons (Fsp3) is 0.357. The lowest BCUT2D eigenvalue weighted by atomic mass is 9.85. The predicted molar refractivity (Wildman–Crippen MR) is 147 cm³/mol. The molecule has 4 heterocycles. The number of pyridine rings is 2. The van der Waals surface area contributed by atoms with E-state index in [9.17, 15) is 23.2 Å². The van der Waals surface area contributed by atoms with Gasteiger partial charge in [-0.3, -0.25) is 9.20 Å². The summed E-state index contributed by atoms with van der Waals surface area (Å²) in [6.45, 7) is 4.43. The normalized spacial score (nSPS) is 18.8.